The lowest BCUT2D eigenvalue weighted by atomic mass is 10.1. The van der Waals surface area contributed by atoms with Crippen LogP contribution in [0.5, 0.6) is 34.5 Å². The third-order valence-corrected chi connectivity index (χ3v) is 7.84. The van der Waals surface area contributed by atoms with Gasteiger partial charge in [-0.1, -0.05) is 77.6 Å². The lowest BCUT2D eigenvalue weighted by Crippen LogP contribution is -2.10. The van der Waals surface area contributed by atoms with E-state index in [-0.39, 0.29) is 0 Å². The second-order valence-corrected chi connectivity index (χ2v) is 12.0. The van der Waals surface area contributed by atoms with Crippen LogP contribution in [0.1, 0.15) is 99.8 Å². The predicted molar refractivity (Wildman–Crippen MR) is 196 cm³/mol. The van der Waals surface area contributed by atoms with Gasteiger partial charge in [0, 0.05) is 0 Å². The molecule has 8 nitrogen and oxygen atoms in total. The number of carbonyl (C=O) groups excluding carboxylic acids is 2. The Morgan fingerprint density at radius 1 is 0.420 bits per heavy atom. The summed E-state index contributed by atoms with van der Waals surface area (Å²) in [5.41, 5.74) is 2.58. The van der Waals surface area contributed by atoms with E-state index in [1.165, 1.54) is 0 Å². The Morgan fingerprint density at radius 2 is 0.740 bits per heavy atom. The Labute approximate surface area is 296 Å². The van der Waals surface area contributed by atoms with Gasteiger partial charge in [0.15, 0.2) is 23.0 Å². The average molecular weight is 683 g/mol. The molecule has 0 aromatic heterocycles. The van der Waals surface area contributed by atoms with E-state index in [0.717, 1.165) is 62.5 Å². The van der Waals surface area contributed by atoms with E-state index in [2.05, 4.69) is 27.7 Å². The van der Waals surface area contributed by atoms with Crippen LogP contribution in [0.2, 0.25) is 0 Å². The molecule has 4 aromatic carbocycles. The highest BCUT2D eigenvalue weighted by atomic mass is 16.5. The number of benzene rings is 4. The molecule has 0 aliphatic rings. The highest BCUT2D eigenvalue weighted by Gasteiger charge is 2.16. The summed E-state index contributed by atoms with van der Waals surface area (Å²) in [4.78, 5) is 26.1. The first-order valence-electron chi connectivity index (χ1n) is 17.9. The lowest BCUT2D eigenvalue weighted by Gasteiger charge is -2.14. The van der Waals surface area contributed by atoms with Crippen LogP contribution in [0.4, 0.5) is 0 Å². The van der Waals surface area contributed by atoms with Crippen molar-refractivity contribution in [1.82, 2.24) is 0 Å². The zero-order valence-corrected chi connectivity index (χ0v) is 29.8. The van der Waals surface area contributed by atoms with Gasteiger partial charge in [0.05, 0.1) is 37.6 Å². The van der Waals surface area contributed by atoms with Crippen LogP contribution in [0, 0.1) is 0 Å². The Hall–Kier alpha value is -4.98. The van der Waals surface area contributed by atoms with Gasteiger partial charge in [-0.2, -0.15) is 0 Å². The summed E-state index contributed by atoms with van der Waals surface area (Å²) in [7, 11) is 0. The molecular weight excluding hydrogens is 632 g/mol. The smallest absolute Gasteiger partial charge is 0.343 e. The second-order valence-electron chi connectivity index (χ2n) is 12.0. The molecule has 0 saturated carbocycles. The fourth-order valence-electron chi connectivity index (χ4n) is 4.80. The summed E-state index contributed by atoms with van der Waals surface area (Å²) < 4.78 is 35.0. The van der Waals surface area contributed by atoms with Gasteiger partial charge in [-0.15, -0.1) is 0 Å². The summed E-state index contributed by atoms with van der Waals surface area (Å²) in [5, 5.41) is 0. The first kappa shape index (κ1) is 37.8. The molecule has 266 valence electrons. The molecule has 0 aliphatic heterocycles. The Kier molecular flexibility index (Phi) is 15.5. The van der Waals surface area contributed by atoms with Crippen molar-refractivity contribution in [3.8, 4) is 45.6 Å². The largest absolute Gasteiger partial charge is 0.490 e. The SMILES string of the molecule is CCCCOc1ccc(C(=O)Oc2ccc(-c3ccc(OC(=O)c4ccc(OCCCC)c(OCCCC)c4)cc3)cc2)cc1OCCCC. The Bertz CT molecular complexity index is 1510. The van der Waals surface area contributed by atoms with Gasteiger partial charge in [-0.05, 0) is 97.5 Å². The number of rotatable bonds is 21. The fraction of sp³-hybridized carbons (Fsp3) is 0.381. The molecule has 0 amide bonds. The van der Waals surface area contributed by atoms with Gasteiger partial charge in [-0.3, -0.25) is 0 Å². The number of carbonyl (C=O) groups is 2. The van der Waals surface area contributed by atoms with E-state index in [9.17, 15) is 9.59 Å². The summed E-state index contributed by atoms with van der Waals surface area (Å²) in [6.45, 7) is 10.7. The molecule has 4 aromatic rings. The van der Waals surface area contributed by atoms with E-state index in [1.54, 1.807) is 60.7 Å². The number of esters is 2. The molecule has 0 radical (unpaired) electrons. The molecule has 0 unspecified atom stereocenters. The van der Waals surface area contributed by atoms with Crippen LogP contribution < -0.4 is 28.4 Å². The van der Waals surface area contributed by atoms with Gasteiger partial charge < -0.3 is 28.4 Å². The van der Waals surface area contributed by atoms with Crippen LogP contribution >= 0.6 is 0 Å². The first-order chi connectivity index (χ1) is 24.4. The molecule has 50 heavy (non-hydrogen) atoms. The average Bonchev–Trinajstić information content (AvgIpc) is 3.13. The molecule has 0 aliphatic carbocycles. The van der Waals surface area contributed by atoms with Crippen molar-refractivity contribution in [2.45, 2.75) is 79.1 Å². The Balaban J connectivity index is 1.37. The van der Waals surface area contributed by atoms with Crippen molar-refractivity contribution < 1.29 is 38.0 Å². The molecule has 0 bridgehead atoms. The summed E-state index contributed by atoms with van der Waals surface area (Å²) in [5.74, 6) is 2.20. The predicted octanol–water partition coefficient (Wildman–Crippen LogP) is 10.5. The summed E-state index contributed by atoms with van der Waals surface area (Å²) >= 11 is 0. The van der Waals surface area contributed by atoms with Crippen LogP contribution in [0.3, 0.4) is 0 Å². The fourth-order valence-corrected chi connectivity index (χ4v) is 4.80. The monoisotopic (exact) mass is 682 g/mol. The molecule has 0 saturated heterocycles. The van der Waals surface area contributed by atoms with Crippen molar-refractivity contribution in [2.75, 3.05) is 26.4 Å². The van der Waals surface area contributed by atoms with Crippen molar-refractivity contribution in [3.63, 3.8) is 0 Å². The zero-order chi connectivity index (χ0) is 35.6. The number of hydrogen-bond donors (Lipinski definition) is 0. The standard InChI is InChI=1S/C42H50O8/c1-5-9-25-45-37-23-17-33(29-39(37)47-27-11-7-3)41(43)49-35-19-13-31(14-20-35)32-15-21-36(22-16-32)50-42(44)34-18-24-38(46-26-10-6-2)40(30-34)48-28-12-8-4/h13-24,29-30H,5-12,25-28H2,1-4H3. The highest BCUT2D eigenvalue weighted by molar-refractivity contribution is 5.92. The van der Waals surface area contributed by atoms with Crippen molar-refractivity contribution in [1.29, 1.82) is 0 Å². The first-order valence-corrected chi connectivity index (χ1v) is 17.9. The molecular formula is C42H50O8. The summed E-state index contributed by atoms with van der Waals surface area (Å²) in [6.07, 6.45) is 7.74. The number of ether oxygens (including phenoxy) is 6. The minimum atomic E-state index is -0.484. The van der Waals surface area contributed by atoms with Gasteiger partial charge in [0.25, 0.3) is 0 Å². The molecule has 0 heterocycles. The van der Waals surface area contributed by atoms with E-state index in [1.807, 2.05) is 24.3 Å². The molecule has 0 spiro atoms. The van der Waals surface area contributed by atoms with E-state index >= 15 is 0 Å². The minimum Gasteiger partial charge on any atom is -0.490 e. The molecule has 0 fully saturated rings. The lowest BCUT2D eigenvalue weighted by molar-refractivity contribution is 0.0724. The van der Waals surface area contributed by atoms with Gasteiger partial charge in [-0.25, -0.2) is 9.59 Å². The molecule has 4 rings (SSSR count). The quantitative estimate of drug-likeness (QED) is 0.0487. The summed E-state index contributed by atoms with van der Waals surface area (Å²) in [6, 6.07) is 24.8. The van der Waals surface area contributed by atoms with Crippen LogP contribution in [-0.4, -0.2) is 38.4 Å². The third kappa shape index (κ3) is 11.6. The van der Waals surface area contributed by atoms with Gasteiger partial charge in [0.2, 0.25) is 0 Å². The number of unbranched alkanes of at least 4 members (excludes halogenated alkanes) is 4. The van der Waals surface area contributed by atoms with Crippen LogP contribution in [0.15, 0.2) is 84.9 Å². The van der Waals surface area contributed by atoms with Gasteiger partial charge in [0.1, 0.15) is 11.5 Å². The van der Waals surface area contributed by atoms with E-state index in [0.29, 0.717) is 72.1 Å². The maximum atomic E-state index is 13.0. The number of hydrogen-bond acceptors (Lipinski definition) is 8. The van der Waals surface area contributed by atoms with Crippen molar-refractivity contribution in [3.05, 3.63) is 96.1 Å². The maximum absolute atomic E-state index is 13.0. The van der Waals surface area contributed by atoms with Gasteiger partial charge >= 0.3 is 11.9 Å². The van der Waals surface area contributed by atoms with E-state index < -0.39 is 11.9 Å². The minimum absolute atomic E-state index is 0.380. The normalized spacial score (nSPS) is 10.7. The second kappa shape index (κ2) is 20.5. The molecule has 8 heteroatoms. The van der Waals surface area contributed by atoms with E-state index in [4.69, 9.17) is 28.4 Å². The van der Waals surface area contributed by atoms with Crippen LogP contribution in [-0.2, 0) is 0 Å². The molecule has 0 N–H and O–H groups in total. The highest BCUT2D eigenvalue weighted by Crippen LogP contribution is 2.32. The van der Waals surface area contributed by atoms with Crippen molar-refractivity contribution >= 4 is 11.9 Å². The maximum Gasteiger partial charge on any atom is 0.343 e. The van der Waals surface area contributed by atoms with Crippen LogP contribution in [0.25, 0.3) is 11.1 Å². The zero-order valence-electron chi connectivity index (χ0n) is 29.8. The van der Waals surface area contributed by atoms with Crippen molar-refractivity contribution in [2.24, 2.45) is 0 Å². The topological polar surface area (TPSA) is 89.5 Å². The molecule has 0 atom stereocenters. The Morgan fingerprint density at radius 3 is 1.06 bits per heavy atom. The third-order valence-electron chi connectivity index (χ3n) is 7.84.